The Bertz CT molecular complexity index is 408. The van der Waals surface area contributed by atoms with Gasteiger partial charge in [-0.3, -0.25) is 0 Å². The van der Waals surface area contributed by atoms with Gasteiger partial charge in [0, 0.05) is 12.6 Å². The highest BCUT2D eigenvalue weighted by atomic mass is 14.9. The summed E-state index contributed by atoms with van der Waals surface area (Å²) in [6.07, 6.45) is 8.38. The van der Waals surface area contributed by atoms with E-state index in [-0.39, 0.29) is 0 Å². The first-order valence-corrected chi connectivity index (χ1v) is 7.52. The fourth-order valence-electron chi connectivity index (χ4n) is 2.95. The quantitative estimate of drug-likeness (QED) is 0.826. The number of nitrogens with zero attached hydrogens (tertiary/aromatic N) is 1. The van der Waals surface area contributed by atoms with Crippen molar-refractivity contribution in [3.8, 4) is 6.07 Å². The summed E-state index contributed by atoms with van der Waals surface area (Å²) in [7, 11) is 0. The van der Waals surface area contributed by atoms with Crippen molar-refractivity contribution < 1.29 is 0 Å². The van der Waals surface area contributed by atoms with Gasteiger partial charge in [-0.15, -0.1) is 0 Å². The molecule has 1 aromatic carbocycles. The Balaban J connectivity index is 1.81. The molecule has 0 saturated heterocycles. The molecule has 1 fully saturated rings. The van der Waals surface area contributed by atoms with Gasteiger partial charge in [0.15, 0.2) is 0 Å². The normalized spacial score (nSPS) is 18.5. The molecule has 0 aliphatic heterocycles. The van der Waals surface area contributed by atoms with E-state index in [2.05, 4.69) is 18.3 Å². The Kier molecular flexibility index (Phi) is 5.42. The van der Waals surface area contributed by atoms with Gasteiger partial charge in [-0.05, 0) is 43.4 Å². The van der Waals surface area contributed by atoms with E-state index in [4.69, 9.17) is 5.26 Å². The minimum absolute atomic E-state index is 0.591. The topological polar surface area (TPSA) is 35.8 Å². The standard InChI is InChI=1S/C17H24N2/c1-14(17-6-4-2-3-5-7-17)19-13-16-10-8-15(12-18)9-11-16/h8-11,14,17,19H,2-7,13H2,1H3/t14-/m1/s1. The summed E-state index contributed by atoms with van der Waals surface area (Å²) in [5, 5.41) is 12.4. The van der Waals surface area contributed by atoms with Crippen LogP contribution < -0.4 is 5.32 Å². The molecule has 1 aliphatic carbocycles. The Morgan fingerprint density at radius 2 is 1.79 bits per heavy atom. The highest BCUT2D eigenvalue weighted by Crippen LogP contribution is 2.25. The molecule has 0 heterocycles. The summed E-state index contributed by atoms with van der Waals surface area (Å²) in [6.45, 7) is 3.23. The van der Waals surface area contributed by atoms with E-state index in [0.29, 0.717) is 6.04 Å². The van der Waals surface area contributed by atoms with E-state index >= 15 is 0 Å². The molecule has 1 saturated carbocycles. The molecule has 2 nitrogen and oxygen atoms in total. The summed E-state index contributed by atoms with van der Waals surface area (Å²) < 4.78 is 0. The first-order chi connectivity index (χ1) is 9.29. The predicted molar refractivity (Wildman–Crippen MR) is 78.7 cm³/mol. The Labute approximate surface area is 116 Å². The second-order valence-corrected chi connectivity index (χ2v) is 5.73. The molecule has 0 amide bonds. The van der Waals surface area contributed by atoms with Gasteiger partial charge in [0.1, 0.15) is 0 Å². The zero-order chi connectivity index (χ0) is 13.5. The van der Waals surface area contributed by atoms with Crippen LogP contribution in [0.3, 0.4) is 0 Å². The number of nitrogens with one attached hydrogen (secondary N) is 1. The van der Waals surface area contributed by atoms with Crippen LogP contribution >= 0.6 is 0 Å². The number of benzene rings is 1. The fraction of sp³-hybridized carbons (Fsp3) is 0.588. The first kappa shape index (κ1) is 14.1. The third-order valence-electron chi connectivity index (χ3n) is 4.32. The molecule has 1 atom stereocenters. The third kappa shape index (κ3) is 4.36. The zero-order valence-electron chi connectivity index (χ0n) is 11.9. The average molecular weight is 256 g/mol. The summed E-state index contributed by atoms with van der Waals surface area (Å²) in [5.74, 6) is 0.834. The van der Waals surface area contributed by atoms with Crippen LogP contribution in [0.4, 0.5) is 0 Å². The first-order valence-electron chi connectivity index (χ1n) is 7.52. The van der Waals surface area contributed by atoms with E-state index in [1.54, 1.807) is 0 Å². The minimum Gasteiger partial charge on any atom is -0.310 e. The van der Waals surface area contributed by atoms with Crippen LogP contribution in [-0.4, -0.2) is 6.04 Å². The maximum atomic E-state index is 8.78. The van der Waals surface area contributed by atoms with Gasteiger partial charge >= 0.3 is 0 Å². The van der Waals surface area contributed by atoms with Gasteiger partial charge in [0.05, 0.1) is 11.6 Å². The molecule has 0 bridgehead atoms. The summed E-state index contributed by atoms with van der Waals surface area (Å²) in [6, 6.07) is 10.6. The molecule has 1 aromatic rings. The van der Waals surface area contributed by atoms with Crippen molar-refractivity contribution in [1.29, 1.82) is 5.26 Å². The van der Waals surface area contributed by atoms with Crippen LogP contribution in [0.2, 0.25) is 0 Å². The van der Waals surface area contributed by atoms with Gasteiger partial charge in [0.2, 0.25) is 0 Å². The number of hydrogen-bond acceptors (Lipinski definition) is 2. The van der Waals surface area contributed by atoms with Crippen LogP contribution in [-0.2, 0) is 6.54 Å². The van der Waals surface area contributed by atoms with E-state index < -0.39 is 0 Å². The lowest BCUT2D eigenvalue weighted by molar-refractivity contribution is 0.336. The van der Waals surface area contributed by atoms with Crippen molar-refractivity contribution in [2.75, 3.05) is 0 Å². The van der Waals surface area contributed by atoms with Crippen LogP contribution in [0.1, 0.15) is 56.6 Å². The SMILES string of the molecule is C[C@@H](NCc1ccc(C#N)cc1)C1CCCCCC1. The average Bonchev–Trinajstić information content (AvgIpc) is 2.74. The summed E-state index contributed by atoms with van der Waals surface area (Å²) in [4.78, 5) is 0. The van der Waals surface area contributed by atoms with Crippen molar-refractivity contribution in [1.82, 2.24) is 5.32 Å². The lowest BCUT2D eigenvalue weighted by Gasteiger charge is -2.23. The number of hydrogen-bond donors (Lipinski definition) is 1. The maximum absolute atomic E-state index is 8.78. The molecule has 0 unspecified atom stereocenters. The second-order valence-electron chi connectivity index (χ2n) is 5.73. The van der Waals surface area contributed by atoms with Crippen molar-refractivity contribution in [3.63, 3.8) is 0 Å². The molecule has 2 rings (SSSR count). The minimum atomic E-state index is 0.591. The van der Waals surface area contributed by atoms with Crippen LogP contribution in [0.25, 0.3) is 0 Å². The number of rotatable bonds is 4. The maximum Gasteiger partial charge on any atom is 0.0991 e. The zero-order valence-corrected chi connectivity index (χ0v) is 11.9. The monoisotopic (exact) mass is 256 g/mol. The van der Waals surface area contributed by atoms with Gasteiger partial charge in [-0.25, -0.2) is 0 Å². The number of nitriles is 1. The molecular formula is C17H24N2. The molecule has 0 radical (unpaired) electrons. The van der Waals surface area contributed by atoms with Gasteiger partial charge in [-0.1, -0.05) is 37.8 Å². The Hall–Kier alpha value is -1.33. The molecule has 0 spiro atoms. The summed E-state index contributed by atoms with van der Waals surface area (Å²) >= 11 is 0. The van der Waals surface area contributed by atoms with Gasteiger partial charge in [-0.2, -0.15) is 5.26 Å². The third-order valence-corrected chi connectivity index (χ3v) is 4.32. The fourth-order valence-corrected chi connectivity index (χ4v) is 2.95. The van der Waals surface area contributed by atoms with Gasteiger partial charge < -0.3 is 5.32 Å². The smallest absolute Gasteiger partial charge is 0.0991 e. The molecule has 1 aliphatic rings. The Morgan fingerprint density at radius 1 is 1.16 bits per heavy atom. The van der Waals surface area contributed by atoms with Crippen molar-refractivity contribution in [2.45, 2.75) is 58.0 Å². The lowest BCUT2D eigenvalue weighted by Crippen LogP contribution is -2.32. The lowest BCUT2D eigenvalue weighted by atomic mass is 9.93. The van der Waals surface area contributed by atoms with Crippen LogP contribution in [0, 0.1) is 17.2 Å². The van der Waals surface area contributed by atoms with Crippen LogP contribution in [0.5, 0.6) is 0 Å². The molecule has 2 heteroatoms. The Morgan fingerprint density at radius 3 is 2.37 bits per heavy atom. The van der Waals surface area contributed by atoms with E-state index in [0.717, 1.165) is 18.0 Å². The molecule has 0 aromatic heterocycles. The molecule has 102 valence electrons. The molecular weight excluding hydrogens is 232 g/mol. The van der Waals surface area contributed by atoms with Crippen molar-refractivity contribution in [2.24, 2.45) is 5.92 Å². The highest BCUT2D eigenvalue weighted by molar-refractivity contribution is 5.31. The highest BCUT2D eigenvalue weighted by Gasteiger charge is 2.18. The largest absolute Gasteiger partial charge is 0.310 e. The van der Waals surface area contributed by atoms with Crippen molar-refractivity contribution in [3.05, 3.63) is 35.4 Å². The van der Waals surface area contributed by atoms with E-state index in [1.165, 1.54) is 44.1 Å². The molecule has 19 heavy (non-hydrogen) atoms. The molecule has 1 N–H and O–H groups in total. The van der Waals surface area contributed by atoms with E-state index in [9.17, 15) is 0 Å². The second kappa shape index (κ2) is 7.31. The predicted octanol–water partition coefficient (Wildman–Crippen LogP) is 4.01. The summed E-state index contributed by atoms with van der Waals surface area (Å²) in [5.41, 5.74) is 2.00. The van der Waals surface area contributed by atoms with Crippen LogP contribution in [0.15, 0.2) is 24.3 Å². The van der Waals surface area contributed by atoms with Crippen molar-refractivity contribution >= 4 is 0 Å². The van der Waals surface area contributed by atoms with E-state index in [1.807, 2.05) is 24.3 Å². The van der Waals surface area contributed by atoms with Gasteiger partial charge in [0.25, 0.3) is 0 Å².